The summed E-state index contributed by atoms with van der Waals surface area (Å²) in [6.07, 6.45) is 5.52. The van der Waals surface area contributed by atoms with Crippen LogP contribution in [-0.2, 0) is 47.5 Å². The van der Waals surface area contributed by atoms with Crippen molar-refractivity contribution < 1.29 is 47.5 Å². The van der Waals surface area contributed by atoms with E-state index in [1.54, 1.807) is 35.2 Å². The Hall–Kier alpha value is -2.54. The highest BCUT2D eigenvalue weighted by molar-refractivity contribution is 8.15. The summed E-state index contributed by atoms with van der Waals surface area (Å²) in [5.74, 6) is 1.90. The summed E-state index contributed by atoms with van der Waals surface area (Å²) < 4.78 is 37.2. The van der Waals surface area contributed by atoms with Gasteiger partial charge in [0.2, 0.25) is 5.12 Å². The van der Waals surface area contributed by atoms with Gasteiger partial charge in [0.05, 0.1) is 52.3 Å². The van der Waals surface area contributed by atoms with Gasteiger partial charge in [-0.3, -0.25) is 9.59 Å². The Kier molecular flexibility index (Phi) is 10.3. The van der Waals surface area contributed by atoms with E-state index in [4.69, 9.17) is 33.2 Å². The topological polar surface area (TPSA) is 128 Å². The highest BCUT2D eigenvalue weighted by atomic mass is 32.2. The zero-order valence-electron chi connectivity index (χ0n) is 25.5. The van der Waals surface area contributed by atoms with Gasteiger partial charge in [0.1, 0.15) is 21.8 Å². The standard InChI is InChI=1S/C10H15NO3.C10H14O4.C10H14O3S/c1-7-8(13-2)10(11-9(7)12)4-3-5-14-6-10;2*1-7-8(12-2)10(14-9(7)11)4-3-5-13-6-10/h3-6H2,1-2H3,(H,11,12);2*3-6H2,1-2H3. The third-order valence-corrected chi connectivity index (χ3v) is 9.82. The molecule has 3 atom stereocenters. The number of amides is 1. The molecule has 3 unspecified atom stereocenters. The molecule has 0 bridgehead atoms. The minimum atomic E-state index is -0.631. The lowest BCUT2D eigenvalue weighted by atomic mass is 9.91. The van der Waals surface area contributed by atoms with E-state index >= 15 is 0 Å². The number of rotatable bonds is 3. The summed E-state index contributed by atoms with van der Waals surface area (Å²) in [6, 6.07) is 0. The van der Waals surface area contributed by atoms with Crippen molar-refractivity contribution in [1.29, 1.82) is 0 Å². The Morgan fingerprint density at radius 3 is 1.81 bits per heavy atom. The van der Waals surface area contributed by atoms with Gasteiger partial charge in [-0.25, -0.2) is 4.79 Å². The van der Waals surface area contributed by atoms with Gasteiger partial charge in [-0.05, 0) is 59.3 Å². The molecule has 0 radical (unpaired) electrons. The average molecular weight is 610 g/mol. The molecule has 42 heavy (non-hydrogen) atoms. The Bertz CT molecular complexity index is 1010. The van der Waals surface area contributed by atoms with Gasteiger partial charge < -0.3 is 38.5 Å². The number of hydrogen-bond acceptors (Lipinski definition) is 11. The number of esters is 1. The maximum Gasteiger partial charge on any atom is 0.338 e. The number of methoxy groups -OCH3 is 3. The van der Waals surface area contributed by atoms with Crippen LogP contribution in [0.5, 0.6) is 0 Å². The summed E-state index contributed by atoms with van der Waals surface area (Å²) in [5.41, 5.74) is 0.988. The van der Waals surface area contributed by atoms with Gasteiger partial charge >= 0.3 is 5.97 Å². The summed E-state index contributed by atoms with van der Waals surface area (Å²) in [7, 11) is 4.81. The average Bonchev–Trinajstić information content (AvgIpc) is 3.46. The first kappa shape index (κ1) is 32.4. The lowest BCUT2D eigenvalue weighted by Crippen LogP contribution is -2.51. The van der Waals surface area contributed by atoms with E-state index in [1.807, 2.05) is 6.92 Å². The van der Waals surface area contributed by atoms with Crippen molar-refractivity contribution in [3.63, 3.8) is 0 Å². The molecular formula is C30H43NO10S. The summed E-state index contributed by atoms with van der Waals surface area (Å²) >= 11 is 1.37. The largest absolute Gasteiger partial charge is 0.499 e. The maximum atomic E-state index is 11.6. The summed E-state index contributed by atoms with van der Waals surface area (Å²) in [6.45, 7) is 9.19. The number of ether oxygens (including phenoxy) is 7. The van der Waals surface area contributed by atoms with E-state index in [9.17, 15) is 14.4 Å². The third kappa shape index (κ3) is 6.09. The summed E-state index contributed by atoms with van der Waals surface area (Å²) in [4.78, 5) is 34.5. The Morgan fingerprint density at radius 2 is 1.29 bits per heavy atom. The van der Waals surface area contributed by atoms with Gasteiger partial charge in [0.15, 0.2) is 11.4 Å². The van der Waals surface area contributed by atoms with Crippen LogP contribution in [0.3, 0.4) is 0 Å². The molecule has 0 aliphatic carbocycles. The van der Waals surface area contributed by atoms with Crippen molar-refractivity contribution >= 4 is 28.8 Å². The van der Waals surface area contributed by atoms with Gasteiger partial charge in [-0.1, -0.05) is 11.8 Å². The van der Waals surface area contributed by atoms with Crippen molar-refractivity contribution in [2.45, 2.75) is 75.2 Å². The first-order valence-electron chi connectivity index (χ1n) is 14.4. The molecule has 0 aromatic rings. The van der Waals surface area contributed by atoms with E-state index in [2.05, 4.69) is 5.32 Å². The molecule has 6 aliphatic heterocycles. The third-order valence-electron chi connectivity index (χ3n) is 8.43. The van der Waals surface area contributed by atoms with Crippen LogP contribution in [0.1, 0.15) is 59.3 Å². The van der Waals surface area contributed by atoms with Crippen molar-refractivity contribution in [1.82, 2.24) is 5.32 Å². The monoisotopic (exact) mass is 609 g/mol. The van der Waals surface area contributed by atoms with Crippen LogP contribution < -0.4 is 5.32 Å². The minimum absolute atomic E-state index is 0.0349. The predicted octanol–water partition coefficient (Wildman–Crippen LogP) is 3.33. The quantitative estimate of drug-likeness (QED) is 0.473. The van der Waals surface area contributed by atoms with Crippen LogP contribution in [0.4, 0.5) is 0 Å². The first-order chi connectivity index (χ1) is 20.1. The summed E-state index contributed by atoms with van der Waals surface area (Å²) in [5, 5.41) is 3.09. The molecular weight excluding hydrogens is 566 g/mol. The van der Waals surface area contributed by atoms with E-state index in [0.717, 1.165) is 75.4 Å². The van der Waals surface area contributed by atoms with Crippen molar-refractivity contribution in [2.24, 2.45) is 0 Å². The van der Waals surface area contributed by atoms with Gasteiger partial charge in [-0.2, -0.15) is 0 Å². The normalized spacial score (nSPS) is 32.5. The zero-order valence-corrected chi connectivity index (χ0v) is 26.3. The Balaban J connectivity index is 0.000000145. The lowest BCUT2D eigenvalue weighted by molar-refractivity contribution is -0.160. The molecule has 3 fully saturated rings. The smallest absolute Gasteiger partial charge is 0.338 e. The number of carbonyl (C=O) groups is 3. The fourth-order valence-electron chi connectivity index (χ4n) is 6.46. The minimum Gasteiger partial charge on any atom is -0.499 e. The molecule has 0 saturated carbocycles. The molecule has 1 amide bonds. The van der Waals surface area contributed by atoms with Gasteiger partial charge in [0.25, 0.3) is 5.91 Å². The SMILES string of the molecule is COC1=C(C)C(=O)NC12CCCOC2.COC1=C(C)C(=O)OC12CCCOC2.COC1=C(C)C(=O)SC12CCCOC2. The van der Waals surface area contributed by atoms with E-state index < -0.39 is 5.60 Å². The maximum absolute atomic E-state index is 11.6. The number of thioether (sulfide) groups is 1. The lowest BCUT2D eigenvalue weighted by Gasteiger charge is -2.34. The number of nitrogens with one attached hydrogen (secondary N) is 1. The molecule has 3 saturated heterocycles. The molecule has 6 rings (SSSR count). The number of carbonyl (C=O) groups excluding carboxylic acids is 3. The highest BCUT2D eigenvalue weighted by Gasteiger charge is 2.50. The van der Waals surface area contributed by atoms with Crippen LogP contribution in [0.15, 0.2) is 34.0 Å². The zero-order chi connectivity index (χ0) is 30.5. The fourth-order valence-corrected chi connectivity index (χ4v) is 7.77. The van der Waals surface area contributed by atoms with Crippen molar-refractivity contribution in [3.8, 4) is 0 Å². The second-order valence-corrected chi connectivity index (χ2v) is 12.6. The fraction of sp³-hybridized carbons (Fsp3) is 0.700. The molecule has 1 N–H and O–H groups in total. The van der Waals surface area contributed by atoms with E-state index in [-0.39, 0.29) is 27.3 Å². The molecule has 3 spiro atoms. The molecule has 0 aromatic heterocycles. The van der Waals surface area contributed by atoms with Crippen LogP contribution in [0.25, 0.3) is 0 Å². The van der Waals surface area contributed by atoms with Crippen LogP contribution in [0, 0.1) is 0 Å². The second-order valence-electron chi connectivity index (χ2n) is 11.2. The Morgan fingerprint density at radius 1 is 0.690 bits per heavy atom. The molecule has 234 valence electrons. The molecule has 12 heteroatoms. The van der Waals surface area contributed by atoms with Crippen LogP contribution in [-0.4, -0.2) is 93.8 Å². The molecule has 0 aromatic carbocycles. The van der Waals surface area contributed by atoms with Crippen LogP contribution >= 0.6 is 11.8 Å². The molecule has 11 nitrogen and oxygen atoms in total. The van der Waals surface area contributed by atoms with Crippen molar-refractivity contribution in [3.05, 3.63) is 34.0 Å². The Labute approximate surface area is 251 Å². The number of hydrogen-bond donors (Lipinski definition) is 1. The van der Waals surface area contributed by atoms with E-state index in [1.165, 1.54) is 11.8 Å². The van der Waals surface area contributed by atoms with Gasteiger partial charge in [0, 0.05) is 25.4 Å². The predicted molar refractivity (Wildman–Crippen MR) is 154 cm³/mol. The van der Waals surface area contributed by atoms with E-state index in [0.29, 0.717) is 36.7 Å². The first-order valence-corrected chi connectivity index (χ1v) is 15.2. The van der Waals surface area contributed by atoms with Crippen LogP contribution in [0.2, 0.25) is 0 Å². The van der Waals surface area contributed by atoms with Crippen molar-refractivity contribution in [2.75, 3.05) is 61.0 Å². The molecule has 6 aliphatic rings. The second kappa shape index (κ2) is 13.4. The highest BCUT2D eigenvalue weighted by Crippen LogP contribution is 2.48. The molecule has 6 heterocycles. The van der Waals surface area contributed by atoms with Gasteiger partial charge in [-0.15, -0.1) is 0 Å².